The fourth-order valence-electron chi connectivity index (χ4n) is 7.54. The molecule has 0 radical (unpaired) electrons. The zero-order valence-electron chi connectivity index (χ0n) is 24.4. The molecule has 10 rings (SSSR count). The molecule has 0 aliphatic carbocycles. The van der Waals surface area contributed by atoms with Gasteiger partial charge in [-0.15, -0.1) is 0 Å². The van der Waals surface area contributed by atoms with Crippen molar-refractivity contribution in [2.45, 2.75) is 9.79 Å². The minimum atomic E-state index is 1.23. The highest BCUT2D eigenvalue weighted by molar-refractivity contribution is 8.00. The van der Waals surface area contributed by atoms with Gasteiger partial charge in [0.25, 0.3) is 0 Å². The summed E-state index contributed by atoms with van der Waals surface area (Å²) in [5.74, 6) is 0. The molecule has 1 aliphatic heterocycles. The highest BCUT2D eigenvalue weighted by Gasteiger charge is 2.23. The molecule has 0 saturated heterocycles. The fraction of sp³-hybridized carbons (Fsp3) is 0. The molecule has 0 amide bonds. The molecule has 45 heavy (non-hydrogen) atoms. The molecule has 0 spiro atoms. The Kier molecular flexibility index (Phi) is 5.31. The van der Waals surface area contributed by atoms with Crippen LogP contribution >= 0.6 is 11.8 Å². The molecule has 1 aliphatic rings. The molecule has 0 unspecified atom stereocenters. The van der Waals surface area contributed by atoms with Crippen LogP contribution in [0, 0.1) is 0 Å². The third-order valence-electron chi connectivity index (χ3n) is 9.57. The van der Waals surface area contributed by atoms with Gasteiger partial charge in [-0.1, -0.05) is 145 Å². The minimum absolute atomic E-state index is 1.23. The Morgan fingerprint density at radius 2 is 0.889 bits per heavy atom. The second kappa shape index (κ2) is 9.56. The minimum Gasteiger partial charge on any atom is -0.0881 e. The van der Waals surface area contributed by atoms with Gasteiger partial charge in [-0.05, 0) is 106 Å². The van der Waals surface area contributed by atoms with Gasteiger partial charge in [0.05, 0.1) is 0 Å². The van der Waals surface area contributed by atoms with Crippen molar-refractivity contribution in [1.82, 2.24) is 0 Å². The van der Waals surface area contributed by atoms with Crippen LogP contribution in [0.1, 0.15) is 0 Å². The average Bonchev–Trinajstić information content (AvgIpc) is 3.11. The van der Waals surface area contributed by atoms with Crippen LogP contribution in [-0.4, -0.2) is 0 Å². The van der Waals surface area contributed by atoms with E-state index in [-0.39, 0.29) is 0 Å². The van der Waals surface area contributed by atoms with Gasteiger partial charge in [0.2, 0.25) is 0 Å². The van der Waals surface area contributed by atoms with Gasteiger partial charge in [-0.25, -0.2) is 0 Å². The molecular weight excluding hydrogens is 561 g/mol. The topological polar surface area (TPSA) is 0 Å². The predicted molar refractivity (Wildman–Crippen MR) is 194 cm³/mol. The van der Waals surface area contributed by atoms with Gasteiger partial charge in [0, 0.05) is 15.2 Å². The molecule has 0 bridgehead atoms. The predicted octanol–water partition coefficient (Wildman–Crippen LogP) is 12.9. The van der Waals surface area contributed by atoms with Gasteiger partial charge in [-0.3, -0.25) is 0 Å². The highest BCUT2D eigenvalue weighted by atomic mass is 32.2. The quantitative estimate of drug-likeness (QED) is 0.186. The second-order valence-corrected chi connectivity index (χ2v) is 13.1. The van der Waals surface area contributed by atoms with Crippen molar-refractivity contribution in [2.24, 2.45) is 0 Å². The Labute approximate surface area is 265 Å². The summed E-state index contributed by atoms with van der Waals surface area (Å²) in [6.07, 6.45) is 0. The molecule has 0 fully saturated rings. The largest absolute Gasteiger partial charge is 0.0881 e. The van der Waals surface area contributed by atoms with Crippen molar-refractivity contribution in [3.8, 4) is 44.5 Å². The lowest BCUT2D eigenvalue weighted by Gasteiger charge is -2.23. The zero-order chi connectivity index (χ0) is 29.5. The van der Waals surface area contributed by atoms with Gasteiger partial charge in [0.15, 0.2) is 0 Å². The van der Waals surface area contributed by atoms with E-state index in [0.717, 1.165) is 0 Å². The van der Waals surface area contributed by atoms with Crippen LogP contribution in [0.2, 0.25) is 0 Å². The van der Waals surface area contributed by atoms with Gasteiger partial charge >= 0.3 is 0 Å². The van der Waals surface area contributed by atoms with Crippen LogP contribution in [0.25, 0.3) is 87.6 Å². The van der Waals surface area contributed by atoms with E-state index < -0.39 is 0 Å². The lowest BCUT2D eigenvalue weighted by Crippen LogP contribution is -1.96. The Hall–Kier alpha value is -5.37. The summed E-state index contributed by atoms with van der Waals surface area (Å²) in [5, 5.41) is 10.6. The van der Waals surface area contributed by atoms with Crippen LogP contribution in [0.15, 0.2) is 168 Å². The summed E-state index contributed by atoms with van der Waals surface area (Å²) in [4.78, 5) is 2.66. The Bertz CT molecular complexity index is 2590. The number of fused-ring (bicyclic) bond motifs is 2. The van der Waals surface area contributed by atoms with Crippen molar-refractivity contribution < 1.29 is 0 Å². The maximum absolute atomic E-state index is 2.41. The summed E-state index contributed by atoms with van der Waals surface area (Å²) < 4.78 is 0. The second-order valence-electron chi connectivity index (χ2n) is 12.1. The third kappa shape index (κ3) is 3.75. The first-order chi connectivity index (χ1) is 22.3. The summed E-state index contributed by atoms with van der Waals surface area (Å²) >= 11 is 1.91. The van der Waals surface area contributed by atoms with E-state index in [1.807, 2.05) is 11.8 Å². The van der Waals surface area contributed by atoms with E-state index >= 15 is 0 Å². The molecule has 0 N–H and O–H groups in total. The van der Waals surface area contributed by atoms with Crippen LogP contribution in [-0.2, 0) is 0 Å². The number of benzene rings is 9. The SMILES string of the molecule is c1ccc(-c2cc(-c3cccc4c3Sc3cccc5cccc-4c35)cc(-c3ccc4ccc5cccc6ccc3c4c56)c2)cc1. The number of rotatable bonds is 3. The molecule has 0 saturated carbocycles. The summed E-state index contributed by atoms with van der Waals surface area (Å²) in [5.41, 5.74) is 10.1. The maximum Gasteiger partial charge on any atom is 0.0279 e. The summed E-state index contributed by atoms with van der Waals surface area (Å²) in [6, 6.07) is 58.6. The molecule has 0 aromatic heterocycles. The number of hydrogen-bond donors (Lipinski definition) is 0. The molecule has 0 nitrogen and oxygen atoms in total. The summed E-state index contributed by atoms with van der Waals surface area (Å²) in [6.45, 7) is 0. The zero-order valence-corrected chi connectivity index (χ0v) is 25.2. The third-order valence-corrected chi connectivity index (χ3v) is 10.8. The van der Waals surface area contributed by atoms with E-state index in [1.54, 1.807) is 0 Å². The Morgan fingerprint density at radius 3 is 1.71 bits per heavy atom. The lowest BCUT2D eigenvalue weighted by atomic mass is 9.87. The van der Waals surface area contributed by atoms with Gasteiger partial charge in [-0.2, -0.15) is 0 Å². The van der Waals surface area contributed by atoms with Crippen molar-refractivity contribution in [1.29, 1.82) is 0 Å². The summed E-state index contributed by atoms with van der Waals surface area (Å²) in [7, 11) is 0. The van der Waals surface area contributed by atoms with Crippen LogP contribution in [0.3, 0.4) is 0 Å². The first kappa shape index (κ1) is 25.0. The van der Waals surface area contributed by atoms with E-state index in [2.05, 4.69) is 158 Å². The van der Waals surface area contributed by atoms with Crippen molar-refractivity contribution in [3.05, 3.63) is 158 Å². The first-order valence-electron chi connectivity index (χ1n) is 15.5. The fourth-order valence-corrected chi connectivity index (χ4v) is 8.82. The standard InChI is InChI=1S/C44H26S/c1-2-8-27(9-3-1)32-24-33(35-22-20-31-19-18-29-10-4-11-30-21-23-38(35)43(31)41(29)30)26-34(25-32)36-14-7-16-39-37-15-5-12-28-13-6-17-40(42(28)37)45-44(36)39/h1-26H. The number of hydrogen-bond acceptors (Lipinski definition) is 1. The lowest BCUT2D eigenvalue weighted by molar-refractivity contribution is 1.39. The molecule has 9 aromatic rings. The molecule has 208 valence electrons. The van der Waals surface area contributed by atoms with Crippen molar-refractivity contribution >= 4 is 54.9 Å². The smallest absolute Gasteiger partial charge is 0.0279 e. The molecule has 1 heteroatoms. The monoisotopic (exact) mass is 586 g/mol. The van der Waals surface area contributed by atoms with E-state index in [4.69, 9.17) is 0 Å². The Balaban J connectivity index is 1.25. The van der Waals surface area contributed by atoms with Gasteiger partial charge in [0.1, 0.15) is 0 Å². The highest BCUT2D eigenvalue weighted by Crippen LogP contribution is 2.52. The van der Waals surface area contributed by atoms with Crippen LogP contribution in [0.4, 0.5) is 0 Å². The molecule has 1 heterocycles. The normalized spacial score (nSPS) is 12.4. The van der Waals surface area contributed by atoms with Crippen molar-refractivity contribution in [2.75, 3.05) is 0 Å². The molecule has 0 atom stereocenters. The molecular formula is C44H26S. The molecule has 9 aromatic carbocycles. The Morgan fingerprint density at radius 1 is 0.311 bits per heavy atom. The van der Waals surface area contributed by atoms with Crippen molar-refractivity contribution in [3.63, 3.8) is 0 Å². The van der Waals surface area contributed by atoms with Crippen LogP contribution < -0.4 is 0 Å². The van der Waals surface area contributed by atoms with E-state index in [9.17, 15) is 0 Å². The first-order valence-corrected chi connectivity index (χ1v) is 16.3. The van der Waals surface area contributed by atoms with Crippen LogP contribution in [0.5, 0.6) is 0 Å². The average molecular weight is 587 g/mol. The van der Waals surface area contributed by atoms with Gasteiger partial charge < -0.3 is 0 Å². The van der Waals surface area contributed by atoms with E-state index in [1.165, 1.54) is 97.4 Å². The van der Waals surface area contributed by atoms with E-state index in [0.29, 0.717) is 0 Å². The maximum atomic E-state index is 2.41.